The number of benzene rings is 1. The number of carboxylic acids is 1. The van der Waals surface area contributed by atoms with Gasteiger partial charge in [-0.25, -0.2) is 0 Å². The van der Waals surface area contributed by atoms with Gasteiger partial charge in [0.2, 0.25) is 0 Å². The molecule has 1 N–H and O–H groups in total. The minimum absolute atomic E-state index is 0.376. The Morgan fingerprint density at radius 2 is 2.05 bits per heavy atom. The van der Waals surface area contributed by atoms with Crippen LogP contribution in [0.5, 0.6) is 0 Å². The lowest BCUT2D eigenvalue weighted by molar-refractivity contribution is -0.143. The van der Waals surface area contributed by atoms with E-state index < -0.39 is 5.97 Å². The molecular weight excluding hydrogens is 332 g/mol. The van der Waals surface area contributed by atoms with Crippen molar-refractivity contribution in [1.29, 1.82) is 0 Å². The van der Waals surface area contributed by atoms with Gasteiger partial charge < -0.3 is 5.11 Å². The summed E-state index contributed by atoms with van der Waals surface area (Å²) >= 11 is 3.54. The first-order chi connectivity index (χ1) is 10.1. The van der Waals surface area contributed by atoms with Crippen LogP contribution < -0.4 is 0 Å². The normalized spacial score (nSPS) is 24.8. The molecule has 2 atom stereocenters. The van der Waals surface area contributed by atoms with E-state index in [-0.39, 0.29) is 6.04 Å². The van der Waals surface area contributed by atoms with Crippen molar-refractivity contribution in [3.8, 4) is 0 Å². The summed E-state index contributed by atoms with van der Waals surface area (Å²) in [6.45, 7) is 5.38. The van der Waals surface area contributed by atoms with Gasteiger partial charge in [-0.05, 0) is 43.0 Å². The van der Waals surface area contributed by atoms with Crippen molar-refractivity contribution in [1.82, 2.24) is 9.80 Å². The van der Waals surface area contributed by atoms with Crippen molar-refractivity contribution in [3.63, 3.8) is 0 Å². The first-order valence-corrected chi connectivity index (χ1v) is 8.35. The molecule has 0 radical (unpaired) electrons. The van der Waals surface area contributed by atoms with E-state index >= 15 is 0 Å². The number of fused-ring (bicyclic) bond motifs is 1. The van der Waals surface area contributed by atoms with Gasteiger partial charge in [0.25, 0.3) is 0 Å². The Labute approximate surface area is 133 Å². The molecule has 0 spiro atoms. The summed E-state index contributed by atoms with van der Waals surface area (Å²) < 4.78 is 1.15. The van der Waals surface area contributed by atoms with Crippen LogP contribution in [0.1, 0.15) is 30.5 Å². The highest BCUT2D eigenvalue weighted by Crippen LogP contribution is 2.37. The van der Waals surface area contributed by atoms with Gasteiger partial charge in [0.15, 0.2) is 0 Å². The van der Waals surface area contributed by atoms with Crippen LogP contribution >= 0.6 is 15.9 Å². The standard InChI is InChI=1S/C16H21BrN2O2/c1-11(16(20)21)18-6-8-19(9-7-18)15-5-2-12-10-13(17)3-4-14(12)15/h3-4,10-11,15H,2,5-9H2,1H3,(H,20,21). The highest BCUT2D eigenvalue weighted by molar-refractivity contribution is 9.10. The molecule has 5 heteroatoms. The number of aliphatic carboxylic acids is 1. The quantitative estimate of drug-likeness (QED) is 0.907. The molecule has 0 saturated carbocycles. The van der Waals surface area contributed by atoms with Crippen molar-refractivity contribution in [2.75, 3.05) is 26.2 Å². The maximum Gasteiger partial charge on any atom is 0.320 e. The lowest BCUT2D eigenvalue weighted by Gasteiger charge is -2.39. The van der Waals surface area contributed by atoms with Gasteiger partial charge in [0.05, 0.1) is 0 Å². The summed E-state index contributed by atoms with van der Waals surface area (Å²) in [4.78, 5) is 15.7. The number of nitrogens with zero attached hydrogens (tertiary/aromatic N) is 2. The van der Waals surface area contributed by atoms with E-state index in [4.69, 9.17) is 5.11 Å². The van der Waals surface area contributed by atoms with Crippen molar-refractivity contribution in [2.45, 2.75) is 31.8 Å². The molecule has 0 bridgehead atoms. The summed E-state index contributed by atoms with van der Waals surface area (Å²) in [7, 11) is 0. The molecule has 1 saturated heterocycles. The van der Waals surface area contributed by atoms with Crippen LogP contribution in [0.3, 0.4) is 0 Å². The molecule has 4 nitrogen and oxygen atoms in total. The smallest absolute Gasteiger partial charge is 0.320 e. The number of halogens is 1. The largest absolute Gasteiger partial charge is 0.480 e. The van der Waals surface area contributed by atoms with Crippen LogP contribution in [0.25, 0.3) is 0 Å². The fourth-order valence-electron chi connectivity index (χ4n) is 3.54. The van der Waals surface area contributed by atoms with Gasteiger partial charge in [-0.15, -0.1) is 0 Å². The van der Waals surface area contributed by atoms with E-state index in [0.717, 1.165) is 37.1 Å². The highest BCUT2D eigenvalue weighted by atomic mass is 79.9. The molecule has 21 heavy (non-hydrogen) atoms. The first-order valence-electron chi connectivity index (χ1n) is 7.55. The number of rotatable bonds is 3. The molecule has 0 aromatic heterocycles. The van der Waals surface area contributed by atoms with Gasteiger partial charge in [-0.3, -0.25) is 14.6 Å². The van der Waals surface area contributed by atoms with E-state index in [2.05, 4.69) is 43.9 Å². The van der Waals surface area contributed by atoms with Gasteiger partial charge in [-0.1, -0.05) is 22.0 Å². The summed E-state index contributed by atoms with van der Waals surface area (Å²) in [5.41, 5.74) is 2.91. The molecule has 2 unspecified atom stereocenters. The Morgan fingerprint density at radius 1 is 1.33 bits per heavy atom. The van der Waals surface area contributed by atoms with E-state index in [9.17, 15) is 4.79 Å². The Morgan fingerprint density at radius 3 is 2.71 bits per heavy atom. The summed E-state index contributed by atoms with van der Waals surface area (Å²) in [5.74, 6) is -0.723. The second kappa shape index (κ2) is 6.07. The second-order valence-electron chi connectivity index (χ2n) is 5.98. The van der Waals surface area contributed by atoms with Crippen LogP contribution in [0, 0.1) is 0 Å². The summed E-state index contributed by atoms with van der Waals surface area (Å²) in [6, 6.07) is 6.73. The van der Waals surface area contributed by atoms with Crippen LogP contribution in [-0.4, -0.2) is 53.1 Å². The maximum absolute atomic E-state index is 11.1. The van der Waals surface area contributed by atoms with E-state index in [1.165, 1.54) is 17.5 Å². The van der Waals surface area contributed by atoms with Crippen molar-refractivity contribution in [3.05, 3.63) is 33.8 Å². The lowest BCUT2D eigenvalue weighted by Crippen LogP contribution is -2.52. The van der Waals surface area contributed by atoms with Crippen molar-refractivity contribution in [2.24, 2.45) is 0 Å². The summed E-state index contributed by atoms with van der Waals surface area (Å²) in [6.07, 6.45) is 2.32. The molecule has 114 valence electrons. The minimum atomic E-state index is -0.723. The topological polar surface area (TPSA) is 43.8 Å². The SMILES string of the molecule is CC(C(=O)O)N1CCN(C2CCc3cc(Br)ccc32)CC1. The third kappa shape index (κ3) is 3.00. The van der Waals surface area contributed by atoms with Crippen LogP contribution in [0.4, 0.5) is 0 Å². The Balaban J connectivity index is 1.65. The second-order valence-corrected chi connectivity index (χ2v) is 6.90. The molecule has 1 aliphatic carbocycles. The molecule has 1 aromatic carbocycles. The Bertz CT molecular complexity index is 541. The predicted octanol–water partition coefficient (Wildman–Crippen LogP) is 2.53. The van der Waals surface area contributed by atoms with Crippen LogP contribution in [-0.2, 0) is 11.2 Å². The number of hydrogen-bond acceptors (Lipinski definition) is 3. The number of hydrogen-bond donors (Lipinski definition) is 1. The van der Waals surface area contributed by atoms with Gasteiger partial charge >= 0.3 is 5.97 Å². The minimum Gasteiger partial charge on any atom is -0.480 e. The molecule has 0 amide bonds. The average molecular weight is 353 g/mol. The Hall–Kier alpha value is -0.910. The molecular formula is C16H21BrN2O2. The van der Waals surface area contributed by atoms with E-state index in [1.807, 2.05) is 0 Å². The van der Waals surface area contributed by atoms with E-state index in [0.29, 0.717) is 6.04 Å². The van der Waals surface area contributed by atoms with Crippen molar-refractivity contribution >= 4 is 21.9 Å². The molecule has 1 fully saturated rings. The zero-order chi connectivity index (χ0) is 15.0. The number of carbonyl (C=O) groups is 1. The fraction of sp³-hybridized carbons (Fsp3) is 0.562. The third-order valence-electron chi connectivity index (χ3n) is 4.85. The average Bonchev–Trinajstić information content (AvgIpc) is 2.89. The zero-order valence-corrected chi connectivity index (χ0v) is 13.8. The number of carboxylic acid groups (broad SMARTS) is 1. The van der Waals surface area contributed by atoms with Gasteiger partial charge in [-0.2, -0.15) is 0 Å². The zero-order valence-electron chi connectivity index (χ0n) is 12.3. The molecule has 2 aliphatic rings. The Kier molecular flexibility index (Phi) is 4.33. The van der Waals surface area contributed by atoms with Crippen molar-refractivity contribution < 1.29 is 9.90 Å². The van der Waals surface area contributed by atoms with Crippen LogP contribution in [0.15, 0.2) is 22.7 Å². The molecule has 1 aromatic rings. The monoisotopic (exact) mass is 352 g/mol. The van der Waals surface area contributed by atoms with Crippen LogP contribution in [0.2, 0.25) is 0 Å². The third-order valence-corrected chi connectivity index (χ3v) is 5.34. The summed E-state index contributed by atoms with van der Waals surface area (Å²) in [5, 5.41) is 9.11. The number of aryl methyl sites for hydroxylation is 1. The predicted molar refractivity (Wildman–Crippen MR) is 85.4 cm³/mol. The van der Waals surface area contributed by atoms with Gasteiger partial charge in [0.1, 0.15) is 6.04 Å². The fourth-order valence-corrected chi connectivity index (χ4v) is 3.94. The number of piperazine rings is 1. The van der Waals surface area contributed by atoms with Gasteiger partial charge in [0, 0.05) is 36.7 Å². The molecule has 1 heterocycles. The molecule has 3 rings (SSSR count). The lowest BCUT2D eigenvalue weighted by atomic mass is 10.1. The molecule has 1 aliphatic heterocycles. The highest BCUT2D eigenvalue weighted by Gasteiger charge is 2.32. The van der Waals surface area contributed by atoms with E-state index in [1.54, 1.807) is 6.92 Å². The first kappa shape index (κ1) is 15.0. The maximum atomic E-state index is 11.1.